The third kappa shape index (κ3) is 3.13. The van der Waals surface area contributed by atoms with Crippen molar-refractivity contribution in [2.24, 2.45) is 5.92 Å². The molecule has 0 spiro atoms. The molecule has 0 aliphatic carbocycles. The van der Waals surface area contributed by atoms with E-state index in [9.17, 15) is 0 Å². The summed E-state index contributed by atoms with van der Waals surface area (Å²) in [5, 5.41) is 18.9. The summed E-state index contributed by atoms with van der Waals surface area (Å²) in [6.07, 6.45) is 0. The van der Waals surface area contributed by atoms with Gasteiger partial charge in [-0.15, -0.1) is 14.8 Å². The molecule has 2 aromatic rings. The first-order chi connectivity index (χ1) is 8.66. The zero-order chi connectivity index (χ0) is 13.0. The van der Waals surface area contributed by atoms with Crippen molar-refractivity contribution in [1.82, 2.24) is 30.6 Å². The van der Waals surface area contributed by atoms with Crippen LogP contribution < -0.4 is 10.2 Å². The van der Waals surface area contributed by atoms with Gasteiger partial charge in [0, 0.05) is 20.1 Å². The molecule has 7 nitrogen and oxygen atoms in total. The summed E-state index contributed by atoms with van der Waals surface area (Å²) in [5.74, 6) is 1.53. The molecule has 0 saturated heterocycles. The first-order valence-corrected chi connectivity index (χ1v) is 6.14. The lowest BCUT2D eigenvalue weighted by atomic mass is 10.2. The van der Waals surface area contributed by atoms with Crippen LogP contribution in [0.1, 0.15) is 13.8 Å². The molecule has 7 heteroatoms. The molecule has 0 bridgehead atoms. The normalized spacial score (nSPS) is 11.3. The standard InChI is InChI=1S/C11H19N7/c1-9(2)8-12-6-7-17(3)11-5-4-10-13-15-16-18(10)14-11/h4-5,9,12H,6-8H2,1-3H3. The molecule has 0 aliphatic rings. The minimum atomic E-state index is 0.657. The molecule has 0 amide bonds. The molecule has 0 unspecified atom stereocenters. The number of nitrogens with zero attached hydrogens (tertiary/aromatic N) is 6. The Labute approximate surface area is 106 Å². The Bertz CT molecular complexity index is 493. The Morgan fingerprint density at radius 3 is 3.00 bits per heavy atom. The molecule has 18 heavy (non-hydrogen) atoms. The maximum atomic E-state index is 4.33. The average Bonchev–Trinajstić information content (AvgIpc) is 2.81. The zero-order valence-electron chi connectivity index (χ0n) is 11.0. The third-order valence-electron chi connectivity index (χ3n) is 2.62. The van der Waals surface area contributed by atoms with Gasteiger partial charge >= 0.3 is 0 Å². The summed E-state index contributed by atoms with van der Waals surface area (Å²) in [6, 6.07) is 3.79. The zero-order valence-corrected chi connectivity index (χ0v) is 11.0. The van der Waals surface area contributed by atoms with Gasteiger partial charge < -0.3 is 10.2 Å². The molecule has 98 valence electrons. The number of tetrazole rings is 1. The summed E-state index contributed by atoms with van der Waals surface area (Å²) in [4.78, 5) is 2.08. The van der Waals surface area contributed by atoms with Crippen LogP contribution in [0.5, 0.6) is 0 Å². The van der Waals surface area contributed by atoms with Gasteiger partial charge in [0.15, 0.2) is 11.5 Å². The Morgan fingerprint density at radius 1 is 1.39 bits per heavy atom. The fourth-order valence-corrected chi connectivity index (χ4v) is 1.60. The Hall–Kier alpha value is -1.76. The van der Waals surface area contributed by atoms with Crippen molar-refractivity contribution in [3.8, 4) is 0 Å². The minimum Gasteiger partial charge on any atom is -0.357 e. The molecule has 0 radical (unpaired) electrons. The summed E-state index contributed by atoms with van der Waals surface area (Å²) in [6.45, 7) is 7.26. The highest BCUT2D eigenvalue weighted by atomic mass is 15.6. The van der Waals surface area contributed by atoms with Gasteiger partial charge in [0.05, 0.1) is 0 Å². The lowest BCUT2D eigenvalue weighted by Gasteiger charge is -2.18. The van der Waals surface area contributed by atoms with Crippen molar-refractivity contribution >= 4 is 11.5 Å². The third-order valence-corrected chi connectivity index (χ3v) is 2.62. The van der Waals surface area contributed by atoms with Crippen molar-refractivity contribution < 1.29 is 0 Å². The average molecular weight is 249 g/mol. The van der Waals surface area contributed by atoms with Crippen LogP contribution in [0.15, 0.2) is 12.1 Å². The molecular formula is C11H19N7. The van der Waals surface area contributed by atoms with Crippen molar-refractivity contribution in [3.05, 3.63) is 12.1 Å². The number of hydrogen-bond acceptors (Lipinski definition) is 6. The van der Waals surface area contributed by atoms with Gasteiger partial charge in [-0.25, -0.2) is 0 Å². The summed E-state index contributed by atoms with van der Waals surface area (Å²) in [7, 11) is 2.01. The highest BCUT2D eigenvalue weighted by Gasteiger charge is 2.05. The van der Waals surface area contributed by atoms with Gasteiger partial charge in [0.2, 0.25) is 0 Å². The second-order valence-electron chi connectivity index (χ2n) is 4.74. The lowest BCUT2D eigenvalue weighted by molar-refractivity contribution is 0.553. The Balaban J connectivity index is 1.89. The van der Waals surface area contributed by atoms with Crippen LogP contribution in [0.25, 0.3) is 5.65 Å². The number of anilines is 1. The fraction of sp³-hybridized carbons (Fsp3) is 0.636. The van der Waals surface area contributed by atoms with Crippen LogP contribution in [-0.2, 0) is 0 Å². The first-order valence-electron chi connectivity index (χ1n) is 6.14. The monoisotopic (exact) mass is 249 g/mol. The van der Waals surface area contributed by atoms with Crippen LogP contribution in [0.3, 0.4) is 0 Å². The van der Waals surface area contributed by atoms with E-state index in [0.29, 0.717) is 11.6 Å². The summed E-state index contributed by atoms with van der Waals surface area (Å²) in [5.41, 5.74) is 0.657. The first kappa shape index (κ1) is 12.7. The molecule has 0 aromatic carbocycles. The molecule has 0 aliphatic heterocycles. The number of hydrogen-bond donors (Lipinski definition) is 1. The number of aromatic nitrogens is 5. The van der Waals surface area contributed by atoms with Gasteiger partial charge in [-0.05, 0) is 35.0 Å². The van der Waals surface area contributed by atoms with Crippen molar-refractivity contribution in [2.75, 3.05) is 31.6 Å². The Kier molecular flexibility index (Phi) is 4.03. The fourth-order valence-electron chi connectivity index (χ4n) is 1.60. The van der Waals surface area contributed by atoms with Gasteiger partial charge in [-0.2, -0.15) is 0 Å². The number of nitrogens with one attached hydrogen (secondary N) is 1. The van der Waals surface area contributed by atoms with E-state index in [1.165, 1.54) is 4.63 Å². The second kappa shape index (κ2) is 5.72. The SMILES string of the molecule is CC(C)CNCCN(C)c1ccc2nnnn2n1. The van der Waals surface area contributed by atoms with E-state index in [1.54, 1.807) is 0 Å². The molecule has 1 N–H and O–H groups in total. The maximum Gasteiger partial charge on any atom is 0.200 e. The smallest absolute Gasteiger partial charge is 0.200 e. The molecule has 0 atom stereocenters. The quantitative estimate of drug-likeness (QED) is 0.737. The van der Waals surface area contributed by atoms with E-state index >= 15 is 0 Å². The van der Waals surface area contributed by atoms with Crippen LogP contribution in [0.2, 0.25) is 0 Å². The van der Waals surface area contributed by atoms with E-state index in [-0.39, 0.29) is 0 Å². The molecule has 0 saturated carbocycles. The van der Waals surface area contributed by atoms with Gasteiger partial charge in [-0.1, -0.05) is 13.8 Å². The van der Waals surface area contributed by atoms with Gasteiger partial charge in [0.25, 0.3) is 0 Å². The predicted molar refractivity (Wildman–Crippen MR) is 69.6 cm³/mol. The topological polar surface area (TPSA) is 71.2 Å². The molecule has 0 fully saturated rings. The molecule has 2 rings (SSSR count). The number of rotatable bonds is 6. The van der Waals surface area contributed by atoms with Gasteiger partial charge in [-0.3, -0.25) is 0 Å². The van der Waals surface area contributed by atoms with Crippen LogP contribution in [0.4, 0.5) is 5.82 Å². The number of fused-ring (bicyclic) bond motifs is 1. The van der Waals surface area contributed by atoms with E-state index in [2.05, 4.69) is 44.7 Å². The van der Waals surface area contributed by atoms with Crippen LogP contribution in [0, 0.1) is 5.92 Å². The molecular weight excluding hydrogens is 230 g/mol. The molecule has 2 heterocycles. The van der Waals surface area contributed by atoms with Crippen LogP contribution in [-0.4, -0.2) is 51.9 Å². The maximum absolute atomic E-state index is 4.33. The van der Waals surface area contributed by atoms with Gasteiger partial charge in [0.1, 0.15) is 0 Å². The highest BCUT2D eigenvalue weighted by molar-refractivity contribution is 5.43. The van der Waals surface area contributed by atoms with Crippen LogP contribution >= 0.6 is 0 Å². The Morgan fingerprint density at radius 2 is 2.22 bits per heavy atom. The highest BCUT2D eigenvalue weighted by Crippen LogP contribution is 2.07. The summed E-state index contributed by atoms with van der Waals surface area (Å²) >= 11 is 0. The van der Waals surface area contributed by atoms with E-state index in [4.69, 9.17) is 0 Å². The van der Waals surface area contributed by atoms with E-state index < -0.39 is 0 Å². The largest absolute Gasteiger partial charge is 0.357 e. The van der Waals surface area contributed by atoms with Crippen molar-refractivity contribution in [2.45, 2.75) is 13.8 Å². The number of likely N-dealkylation sites (N-methyl/N-ethyl adjacent to an activating group) is 1. The second-order valence-corrected chi connectivity index (χ2v) is 4.74. The summed E-state index contributed by atoms with van der Waals surface area (Å²) < 4.78 is 1.44. The lowest BCUT2D eigenvalue weighted by Crippen LogP contribution is -2.31. The predicted octanol–water partition coefficient (Wildman–Crippen LogP) is 0.201. The molecule has 2 aromatic heterocycles. The van der Waals surface area contributed by atoms with Crippen molar-refractivity contribution in [1.29, 1.82) is 0 Å². The minimum absolute atomic E-state index is 0.657. The van der Waals surface area contributed by atoms with Crippen molar-refractivity contribution in [3.63, 3.8) is 0 Å². The van der Waals surface area contributed by atoms with E-state index in [0.717, 1.165) is 25.5 Å². The van der Waals surface area contributed by atoms with E-state index in [1.807, 2.05) is 19.2 Å².